The summed E-state index contributed by atoms with van der Waals surface area (Å²) in [5.41, 5.74) is 5.85. The standard InChI is InChI=1S/C19H17ClN6O2/c20-15-10-21-18-23-13-3-1-2-11(8-13)4-5-12-9-14(22-17(15)25-18)6-7-16(12)24-19(27)26-28/h1-3,6-10,28H,4-5H2,(H2,24,26,27)(H2,21,22,23,25). The molecule has 142 valence electrons. The number of nitrogens with one attached hydrogen (secondary N) is 4. The Balaban J connectivity index is 1.79. The van der Waals surface area contributed by atoms with Gasteiger partial charge in [-0.3, -0.25) is 5.21 Å². The highest BCUT2D eigenvalue weighted by Crippen LogP contribution is 2.29. The van der Waals surface area contributed by atoms with Crippen LogP contribution < -0.4 is 21.4 Å². The molecule has 0 unspecified atom stereocenters. The van der Waals surface area contributed by atoms with E-state index in [2.05, 4.69) is 25.9 Å². The van der Waals surface area contributed by atoms with Gasteiger partial charge in [0.1, 0.15) is 5.02 Å². The van der Waals surface area contributed by atoms with Crippen LogP contribution in [0.5, 0.6) is 0 Å². The van der Waals surface area contributed by atoms with Crippen LogP contribution in [0.2, 0.25) is 5.02 Å². The number of halogens is 1. The fourth-order valence-electron chi connectivity index (χ4n) is 3.01. The number of benzene rings is 2. The number of hydroxylamine groups is 1. The molecule has 1 aliphatic rings. The third-order valence-corrected chi connectivity index (χ3v) is 4.60. The molecule has 1 aromatic heterocycles. The highest BCUT2D eigenvalue weighted by Gasteiger charge is 2.12. The van der Waals surface area contributed by atoms with Crippen LogP contribution in [0.15, 0.2) is 48.7 Å². The molecule has 0 spiro atoms. The Bertz CT molecular complexity index is 1040. The van der Waals surface area contributed by atoms with Crippen molar-refractivity contribution < 1.29 is 10.0 Å². The molecule has 4 rings (SSSR count). The molecule has 0 aliphatic carbocycles. The lowest BCUT2D eigenvalue weighted by Gasteiger charge is -2.14. The van der Waals surface area contributed by atoms with Crippen LogP contribution in [-0.4, -0.2) is 21.2 Å². The maximum Gasteiger partial charge on any atom is 0.342 e. The minimum Gasteiger partial charge on any atom is -0.339 e. The molecule has 8 nitrogen and oxygen atoms in total. The van der Waals surface area contributed by atoms with E-state index in [1.54, 1.807) is 17.6 Å². The lowest BCUT2D eigenvalue weighted by atomic mass is 10.0. The van der Waals surface area contributed by atoms with Crippen molar-refractivity contribution in [3.63, 3.8) is 0 Å². The molecule has 0 atom stereocenters. The van der Waals surface area contributed by atoms with Crippen molar-refractivity contribution in [3.8, 4) is 0 Å². The fourth-order valence-corrected chi connectivity index (χ4v) is 3.15. The number of rotatable bonds is 1. The highest BCUT2D eigenvalue weighted by atomic mass is 35.5. The van der Waals surface area contributed by atoms with E-state index < -0.39 is 6.03 Å². The second-order valence-corrected chi connectivity index (χ2v) is 6.69. The number of hydrogen-bond acceptors (Lipinski definition) is 6. The van der Waals surface area contributed by atoms with Crippen molar-refractivity contribution in [2.24, 2.45) is 0 Å². The van der Waals surface area contributed by atoms with E-state index in [4.69, 9.17) is 16.8 Å². The summed E-state index contributed by atoms with van der Waals surface area (Å²) in [6.07, 6.45) is 2.97. The van der Waals surface area contributed by atoms with Gasteiger partial charge in [-0.25, -0.2) is 15.3 Å². The third-order valence-electron chi connectivity index (χ3n) is 4.33. The smallest absolute Gasteiger partial charge is 0.339 e. The Kier molecular flexibility index (Phi) is 4.96. The first-order valence-electron chi connectivity index (χ1n) is 8.60. The first-order chi connectivity index (χ1) is 13.6. The maximum atomic E-state index is 11.5. The van der Waals surface area contributed by atoms with Crippen LogP contribution in [0.25, 0.3) is 0 Å². The Hall–Kier alpha value is -3.36. The predicted octanol–water partition coefficient (Wildman–Crippen LogP) is 4.23. The lowest BCUT2D eigenvalue weighted by molar-refractivity contribution is 0.172. The number of aromatic nitrogens is 2. The SMILES string of the molecule is O=C(NO)Nc1ccc2cc1CCc1cccc(c1)Nc1ncc(Cl)c(n1)N2. The molecule has 0 radical (unpaired) electrons. The van der Waals surface area contributed by atoms with Crippen molar-refractivity contribution in [3.05, 3.63) is 64.8 Å². The molecule has 9 heteroatoms. The number of amides is 2. The van der Waals surface area contributed by atoms with Gasteiger partial charge in [0.25, 0.3) is 0 Å². The molecular weight excluding hydrogens is 380 g/mol. The number of hydrogen-bond donors (Lipinski definition) is 5. The van der Waals surface area contributed by atoms with E-state index in [9.17, 15) is 4.79 Å². The van der Waals surface area contributed by atoms with E-state index in [0.29, 0.717) is 28.9 Å². The molecule has 0 fully saturated rings. The van der Waals surface area contributed by atoms with Crippen molar-refractivity contribution in [2.45, 2.75) is 12.8 Å². The van der Waals surface area contributed by atoms with Crippen LogP contribution in [0, 0.1) is 0 Å². The molecule has 6 bridgehead atoms. The topological polar surface area (TPSA) is 111 Å². The molecular formula is C19H17ClN6O2. The van der Waals surface area contributed by atoms with Gasteiger partial charge >= 0.3 is 6.03 Å². The van der Waals surface area contributed by atoms with Gasteiger partial charge in [0, 0.05) is 17.1 Å². The Morgan fingerprint density at radius 1 is 1.11 bits per heavy atom. The minimum absolute atomic E-state index is 0.387. The zero-order chi connectivity index (χ0) is 19.5. The van der Waals surface area contributed by atoms with Crippen molar-refractivity contribution in [2.75, 3.05) is 16.0 Å². The lowest BCUT2D eigenvalue weighted by Crippen LogP contribution is -2.25. The van der Waals surface area contributed by atoms with Gasteiger partial charge in [0.15, 0.2) is 5.82 Å². The minimum atomic E-state index is -0.699. The molecule has 2 aromatic carbocycles. The normalized spacial score (nSPS) is 12.4. The van der Waals surface area contributed by atoms with Crippen LogP contribution >= 0.6 is 11.6 Å². The summed E-state index contributed by atoms with van der Waals surface area (Å²) in [6, 6.07) is 12.7. The number of carbonyl (C=O) groups excluding carboxylic acids is 1. The quantitative estimate of drug-likeness (QED) is 0.311. The Labute approximate surface area is 165 Å². The fraction of sp³-hybridized carbons (Fsp3) is 0.105. The average molecular weight is 397 g/mol. The van der Waals surface area contributed by atoms with Crippen LogP contribution in [0.4, 0.5) is 33.6 Å². The third kappa shape index (κ3) is 3.98. The molecule has 28 heavy (non-hydrogen) atoms. The number of anilines is 5. The van der Waals surface area contributed by atoms with E-state index in [1.165, 1.54) is 6.20 Å². The zero-order valence-corrected chi connectivity index (χ0v) is 15.4. The van der Waals surface area contributed by atoms with Gasteiger partial charge in [0.05, 0.1) is 6.20 Å². The summed E-state index contributed by atoms with van der Waals surface area (Å²) in [6.45, 7) is 0. The maximum absolute atomic E-state index is 11.5. The highest BCUT2D eigenvalue weighted by molar-refractivity contribution is 6.32. The second-order valence-electron chi connectivity index (χ2n) is 6.28. The molecule has 0 saturated heterocycles. The summed E-state index contributed by atoms with van der Waals surface area (Å²) in [4.78, 5) is 20.2. The summed E-state index contributed by atoms with van der Waals surface area (Å²) in [5.74, 6) is 0.899. The van der Waals surface area contributed by atoms with Crippen molar-refractivity contribution in [1.29, 1.82) is 0 Å². The number of aryl methyl sites for hydroxylation is 2. The van der Waals surface area contributed by atoms with Gasteiger partial charge in [-0.1, -0.05) is 23.7 Å². The van der Waals surface area contributed by atoms with Crippen molar-refractivity contribution >= 4 is 46.5 Å². The van der Waals surface area contributed by atoms with E-state index in [0.717, 1.165) is 28.9 Å². The van der Waals surface area contributed by atoms with Gasteiger partial charge in [0.2, 0.25) is 5.95 Å². The van der Waals surface area contributed by atoms with E-state index >= 15 is 0 Å². The van der Waals surface area contributed by atoms with Crippen molar-refractivity contribution in [1.82, 2.24) is 15.4 Å². The van der Waals surface area contributed by atoms with Crippen LogP contribution in [-0.2, 0) is 12.8 Å². The summed E-state index contributed by atoms with van der Waals surface area (Å²) < 4.78 is 0. The summed E-state index contributed by atoms with van der Waals surface area (Å²) >= 11 is 6.24. The average Bonchev–Trinajstić information content (AvgIpc) is 2.70. The van der Waals surface area contributed by atoms with Gasteiger partial charge in [-0.2, -0.15) is 4.98 Å². The number of urea groups is 1. The number of fused-ring (bicyclic) bond motifs is 6. The largest absolute Gasteiger partial charge is 0.342 e. The molecule has 0 saturated carbocycles. The van der Waals surface area contributed by atoms with Gasteiger partial charge < -0.3 is 16.0 Å². The van der Waals surface area contributed by atoms with E-state index in [1.807, 2.05) is 30.3 Å². The monoisotopic (exact) mass is 396 g/mol. The first-order valence-corrected chi connectivity index (χ1v) is 8.98. The molecule has 5 N–H and O–H groups in total. The Morgan fingerprint density at radius 2 is 1.96 bits per heavy atom. The van der Waals surface area contributed by atoms with Crippen LogP contribution in [0.1, 0.15) is 11.1 Å². The Morgan fingerprint density at radius 3 is 2.82 bits per heavy atom. The second kappa shape index (κ2) is 7.71. The van der Waals surface area contributed by atoms with Gasteiger partial charge in [-0.15, -0.1) is 0 Å². The molecule has 1 aliphatic heterocycles. The van der Waals surface area contributed by atoms with Gasteiger partial charge in [-0.05, 0) is 54.3 Å². The zero-order valence-electron chi connectivity index (χ0n) is 14.7. The number of carbonyl (C=O) groups is 1. The summed E-state index contributed by atoms with van der Waals surface area (Å²) in [7, 11) is 0. The summed E-state index contributed by atoms with van der Waals surface area (Å²) in [5, 5.41) is 18.2. The van der Waals surface area contributed by atoms with E-state index in [-0.39, 0.29) is 0 Å². The predicted molar refractivity (Wildman–Crippen MR) is 108 cm³/mol. The molecule has 2 amide bonds. The first kappa shape index (κ1) is 18.0. The molecule has 2 heterocycles. The van der Waals surface area contributed by atoms with Crippen LogP contribution in [0.3, 0.4) is 0 Å². The number of nitrogens with zero attached hydrogens (tertiary/aromatic N) is 2. The molecule has 3 aromatic rings.